The van der Waals surface area contributed by atoms with Gasteiger partial charge in [0.25, 0.3) is 5.91 Å². The molecule has 3 heterocycles. The number of carbonyl (C=O) groups is 1. The van der Waals surface area contributed by atoms with E-state index in [4.69, 9.17) is 4.52 Å². The molecule has 1 aliphatic heterocycles. The molecule has 0 saturated carbocycles. The Kier molecular flexibility index (Phi) is 4.53. The number of piperazine rings is 1. The van der Waals surface area contributed by atoms with Crippen LogP contribution in [0.2, 0.25) is 0 Å². The number of aromatic nitrogens is 2. The molecule has 0 N–H and O–H groups in total. The van der Waals surface area contributed by atoms with E-state index in [1.807, 2.05) is 18.2 Å². The zero-order valence-electron chi connectivity index (χ0n) is 14.3. The van der Waals surface area contributed by atoms with Crippen molar-refractivity contribution in [3.8, 4) is 11.3 Å². The lowest BCUT2D eigenvalue weighted by Gasteiger charge is -2.34. The highest BCUT2D eigenvalue weighted by atomic mass is 19.2. The van der Waals surface area contributed by atoms with Crippen molar-refractivity contribution in [1.29, 1.82) is 0 Å². The lowest BCUT2D eigenvalue weighted by molar-refractivity contribution is 0.0736. The molecule has 4 rings (SSSR count). The molecule has 2 aromatic heterocycles. The molecule has 1 amide bonds. The first kappa shape index (κ1) is 17.1. The van der Waals surface area contributed by atoms with Crippen molar-refractivity contribution in [1.82, 2.24) is 15.0 Å². The fourth-order valence-corrected chi connectivity index (χ4v) is 3.00. The third-order valence-electron chi connectivity index (χ3n) is 4.47. The molecule has 1 aliphatic rings. The number of pyridine rings is 1. The monoisotopic (exact) mass is 370 g/mol. The minimum Gasteiger partial charge on any atom is -0.355 e. The van der Waals surface area contributed by atoms with Crippen LogP contribution in [0, 0.1) is 11.6 Å². The van der Waals surface area contributed by atoms with Gasteiger partial charge < -0.3 is 14.3 Å². The molecule has 0 atom stereocenters. The summed E-state index contributed by atoms with van der Waals surface area (Å²) in [5, 5.41) is 3.79. The standard InChI is InChI=1S/C19H16F2N4O2/c20-14-5-4-13(11-15(14)21)17-12-16(23-27-17)19(26)25-9-7-24(8-10-25)18-3-1-2-6-22-18/h1-6,11-12H,7-10H2. The number of hydrogen-bond donors (Lipinski definition) is 0. The zero-order chi connectivity index (χ0) is 18.8. The lowest BCUT2D eigenvalue weighted by Crippen LogP contribution is -2.49. The van der Waals surface area contributed by atoms with Gasteiger partial charge in [-0.1, -0.05) is 11.2 Å². The molecule has 138 valence electrons. The summed E-state index contributed by atoms with van der Waals surface area (Å²) >= 11 is 0. The summed E-state index contributed by atoms with van der Waals surface area (Å²) in [5.74, 6) is -1.09. The van der Waals surface area contributed by atoms with Crippen LogP contribution < -0.4 is 4.90 Å². The van der Waals surface area contributed by atoms with Crippen molar-refractivity contribution in [2.24, 2.45) is 0 Å². The summed E-state index contributed by atoms with van der Waals surface area (Å²) in [5.41, 5.74) is 0.460. The van der Waals surface area contributed by atoms with Gasteiger partial charge >= 0.3 is 0 Å². The fourth-order valence-electron chi connectivity index (χ4n) is 3.00. The molecule has 0 bridgehead atoms. The Morgan fingerprint density at radius 3 is 2.52 bits per heavy atom. The molecule has 0 unspecified atom stereocenters. The van der Waals surface area contributed by atoms with E-state index in [-0.39, 0.29) is 17.4 Å². The van der Waals surface area contributed by atoms with Gasteiger partial charge in [0.1, 0.15) is 5.82 Å². The SMILES string of the molecule is O=C(c1cc(-c2ccc(F)c(F)c2)on1)N1CCN(c2ccccn2)CC1. The van der Waals surface area contributed by atoms with Crippen LogP contribution >= 0.6 is 0 Å². The van der Waals surface area contributed by atoms with Gasteiger partial charge in [0.15, 0.2) is 23.1 Å². The summed E-state index contributed by atoms with van der Waals surface area (Å²) in [6.45, 7) is 2.39. The van der Waals surface area contributed by atoms with Crippen LogP contribution in [0.1, 0.15) is 10.5 Å². The normalized spacial score (nSPS) is 14.4. The minimum absolute atomic E-state index is 0.140. The number of hydrogen-bond acceptors (Lipinski definition) is 5. The van der Waals surface area contributed by atoms with Crippen molar-refractivity contribution in [2.75, 3.05) is 31.1 Å². The Hall–Kier alpha value is -3.29. The molecule has 27 heavy (non-hydrogen) atoms. The van der Waals surface area contributed by atoms with Crippen molar-refractivity contribution >= 4 is 11.7 Å². The number of rotatable bonds is 3. The van der Waals surface area contributed by atoms with Crippen molar-refractivity contribution in [3.05, 3.63) is 66.0 Å². The number of nitrogens with zero attached hydrogens (tertiary/aromatic N) is 4. The average molecular weight is 370 g/mol. The minimum atomic E-state index is -0.984. The molecule has 1 aromatic carbocycles. The first-order valence-corrected chi connectivity index (χ1v) is 8.49. The van der Waals surface area contributed by atoms with Crippen LogP contribution in [-0.2, 0) is 0 Å². The molecule has 6 nitrogen and oxygen atoms in total. The second kappa shape index (κ2) is 7.14. The number of carbonyl (C=O) groups excluding carboxylic acids is 1. The van der Waals surface area contributed by atoms with E-state index in [0.29, 0.717) is 31.7 Å². The zero-order valence-corrected chi connectivity index (χ0v) is 14.3. The van der Waals surface area contributed by atoms with Crippen LogP contribution in [-0.4, -0.2) is 47.1 Å². The van der Waals surface area contributed by atoms with E-state index in [2.05, 4.69) is 15.0 Å². The van der Waals surface area contributed by atoms with E-state index in [0.717, 1.165) is 18.0 Å². The predicted molar refractivity (Wildman–Crippen MR) is 94.2 cm³/mol. The summed E-state index contributed by atoms with van der Waals surface area (Å²) in [4.78, 5) is 20.8. The molecule has 0 spiro atoms. The Bertz CT molecular complexity index is 953. The second-order valence-electron chi connectivity index (χ2n) is 6.17. The van der Waals surface area contributed by atoms with E-state index < -0.39 is 11.6 Å². The highest BCUT2D eigenvalue weighted by Gasteiger charge is 2.25. The molecule has 0 aliphatic carbocycles. The van der Waals surface area contributed by atoms with Crippen LogP contribution in [0.15, 0.2) is 53.2 Å². The summed E-state index contributed by atoms with van der Waals surface area (Å²) < 4.78 is 31.6. The average Bonchev–Trinajstić information content (AvgIpc) is 3.20. The second-order valence-corrected chi connectivity index (χ2v) is 6.17. The van der Waals surface area contributed by atoms with E-state index in [9.17, 15) is 13.6 Å². The maximum absolute atomic E-state index is 13.4. The van der Waals surface area contributed by atoms with Crippen molar-refractivity contribution in [3.63, 3.8) is 0 Å². The Labute approximate surface area is 154 Å². The van der Waals surface area contributed by atoms with E-state index >= 15 is 0 Å². The maximum atomic E-state index is 13.4. The molecular weight excluding hydrogens is 354 g/mol. The van der Waals surface area contributed by atoms with Gasteiger partial charge in [-0.05, 0) is 30.3 Å². The lowest BCUT2D eigenvalue weighted by atomic mass is 10.1. The van der Waals surface area contributed by atoms with Crippen molar-refractivity contribution in [2.45, 2.75) is 0 Å². The first-order chi connectivity index (χ1) is 13.1. The van der Waals surface area contributed by atoms with Gasteiger partial charge in [-0.25, -0.2) is 13.8 Å². The summed E-state index contributed by atoms with van der Waals surface area (Å²) in [6, 6.07) is 10.6. The third kappa shape index (κ3) is 3.51. The van der Waals surface area contributed by atoms with Crippen LogP contribution in [0.25, 0.3) is 11.3 Å². The predicted octanol–water partition coefficient (Wildman–Crippen LogP) is 2.98. The molecule has 1 fully saturated rings. The summed E-state index contributed by atoms with van der Waals surface area (Å²) in [6.07, 6.45) is 1.74. The van der Waals surface area contributed by atoms with Crippen LogP contribution in [0.3, 0.4) is 0 Å². The van der Waals surface area contributed by atoms with Gasteiger partial charge in [0, 0.05) is 44.0 Å². The quantitative estimate of drug-likeness (QED) is 0.709. The molecule has 3 aromatic rings. The number of amides is 1. The first-order valence-electron chi connectivity index (χ1n) is 8.49. The van der Waals surface area contributed by atoms with Gasteiger partial charge in [-0.15, -0.1) is 0 Å². The Morgan fingerprint density at radius 2 is 1.81 bits per heavy atom. The smallest absolute Gasteiger partial charge is 0.276 e. The van der Waals surface area contributed by atoms with Gasteiger partial charge in [0.05, 0.1) is 0 Å². The highest BCUT2D eigenvalue weighted by molar-refractivity contribution is 5.93. The van der Waals surface area contributed by atoms with E-state index in [1.54, 1.807) is 11.1 Å². The number of anilines is 1. The Balaban J connectivity index is 1.43. The van der Waals surface area contributed by atoms with Crippen molar-refractivity contribution < 1.29 is 18.1 Å². The van der Waals surface area contributed by atoms with Crippen LogP contribution in [0.5, 0.6) is 0 Å². The van der Waals surface area contributed by atoms with Gasteiger partial charge in [-0.3, -0.25) is 4.79 Å². The van der Waals surface area contributed by atoms with Crippen LogP contribution in [0.4, 0.5) is 14.6 Å². The molecule has 1 saturated heterocycles. The topological polar surface area (TPSA) is 62.5 Å². The molecule has 0 radical (unpaired) electrons. The summed E-state index contributed by atoms with van der Waals surface area (Å²) in [7, 11) is 0. The Morgan fingerprint density at radius 1 is 1.00 bits per heavy atom. The highest BCUT2D eigenvalue weighted by Crippen LogP contribution is 2.23. The number of benzene rings is 1. The maximum Gasteiger partial charge on any atom is 0.276 e. The number of halogens is 2. The fraction of sp³-hybridized carbons (Fsp3) is 0.211. The van der Waals surface area contributed by atoms with Gasteiger partial charge in [-0.2, -0.15) is 0 Å². The largest absolute Gasteiger partial charge is 0.355 e. The van der Waals surface area contributed by atoms with Gasteiger partial charge in [0.2, 0.25) is 0 Å². The molecular formula is C19H16F2N4O2. The third-order valence-corrected chi connectivity index (χ3v) is 4.47. The molecule has 8 heteroatoms. The van der Waals surface area contributed by atoms with E-state index in [1.165, 1.54) is 12.1 Å².